The van der Waals surface area contributed by atoms with Crippen LogP contribution in [0.3, 0.4) is 0 Å². The lowest BCUT2D eigenvalue weighted by atomic mass is 10.1. The van der Waals surface area contributed by atoms with E-state index in [4.69, 9.17) is 14.2 Å². The van der Waals surface area contributed by atoms with Crippen LogP contribution in [-0.2, 0) is 28.6 Å². The highest BCUT2D eigenvalue weighted by Crippen LogP contribution is 2.14. The number of aliphatic carboxylic acids is 1. The van der Waals surface area contributed by atoms with E-state index in [2.05, 4.69) is 62.5 Å². The number of allylic oxidation sites excluding steroid dienone is 8. The third-order valence-electron chi connectivity index (χ3n) is 9.97. The average Bonchev–Trinajstić information content (AvgIpc) is 3.15. The first-order valence-corrected chi connectivity index (χ1v) is 22.7. The van der Waals surface area contributed by atoms with Gasteiger partial charge in [-0.05, 0) is 70.6 Å². The number of unbranched alkanes of at least 4 members (excludes halogenated alkanes) is 19. The standard InChI is InChI=1S/C48H85NO7/c1-6-8-10-12-14-16-18-20-22-23-25-27-29-31-33-35-37-39-47(51)56-44(42-54-41-40-45(48(52)53)49(3,4)5)43-55-46(50)38-36-34-32-30-28-26-24-21-19-17-15-13-11-9-7-2/h14-17,19-22,44-45H,6-13,18,23-43H2,1-5H3/b16-14+,17-15+,21-19+,22-20+. The van der Waals surface area contributed by atoms with Gasteiger partial charge in [-0.1, -0.05) is 146 Å². The van der Waals surface area contributed by atoms with Crippen LogP contribution in [-0.4, -0.2) is 75.5 Å². The van der Waals surface area contributed by atoms with Crippen LogP contribution in [0.25, 0.3) is 0 Å². The monoisotopic (exact) mass is 788 g/mol. The molecule has 0 amide bonds. The molecule has 56 heavy (non-hydrogen) atoms. The molecular formula is C48H85NO7. The number of carbonyl (C=O) groups excluding carboxylic acids is 3. The fourth-order valence-corrected chi connectivity index (χ4v) is 6.38. The third-order valence-corrected chi connectivity index (χ3v) is 9.97. The molecule has 0 rings (SSSR count). The van der Waals surface area contributed by atoms with E-state index in [1.807, 2.05) is 0 Å². The Kier molecular flexibility index (Phi) is 37.2. The van der Waals surface area contributed by atoms with E-state index in [0.717, 1.165) is 70.6 Å². The Labute approximate surface area is 344 Å². The summed E-state index contributed by atoms with van der Waals surface area (Å²) in [4.78, 5) is 36.9. The zero-order chi connectivity index (χ0) is 41.4. The van der Waals surface area contributed by atoms with Gasteiger partial charge in [-0.15, -0.1) is 0 Å². The molecule has 0 saturated carbocycles. The number of rotatable bonds is 40. The number of esters is 2. The minimum absolute atomic E-state index is 0.0330. The maximum atomic E-state index is 12.7. The minimum Gasteiger partial charge on any atom is -0.544 e. The van der Waals surface area contributed by atoms with E-state index in [0.29, 0.717) is 12.8 Å². The predicted octanol–water partition coefficient (Wildman–Crippen LogP) is 11.1. The summed E-state index contributed by atoms with van der Waals surface area (Å²) in [6.07, 6.45) is 45.5. The summed E-state index contributed by atoms with van der Waals surface area (Å²) in [5, 5.41) is 11.6. The Bertz CT molecular complexity index is 1060. The Morgan fingerprint density at radius 2 is 1.00 bits per heavy atom. The van der Waals surface area contributed by atoms with Gasteiger partial charge in [0.2, 0.25) is 0 Å². The molecule has 2 atom stereocenters. The molecule has 0 radical (unpaired) electrons. The van der Waals surface area contributed by atoms with Crippen LogP contribution in [0, 0.1) is 0 Å². The normalized spacial score (nSPS) is 13.4. The fraction of sp³-hybridized carbons (Fsp3) is 0.771. The first kappa shape index (κ1) is 53.3. The number of carbonyl (C=O) groups is 3. The summed E-state index contributed by atoms with van der Waals surface area (Å²) in [6.45, 7) is 4.59. The van der Waals surface area contributed by atoms with Gasteiger partial charge >= 0.3 is 11.9 Å². The zero-order valence-electron chi connectivity index (χ0n) is 36.8. The molecule has 324 valence electrons. The molecule has 0 N–H and O–H groups in total. The quantitative estimate of drug-likeness (QED) is 0.0200. The van der Waals surface area contributed by atoms with Gasteiger partial charge in [0.1, 0.15) is 12.6 Å². The number of carboxylic acid groups (broad SMARTS) is 1. The van der Waals surface area contributed by atoms with Crippen LogP contribution in [0.5, 0.6) is 0 Å². The van der Waals surface area contributed by atoms with Crippen LogP contribution < -0.4 is 5.11 Å². The number of likely N-dealkylation sites (N-methyl/N-ethyl adjacent to an activating group) is 1. The maximum absolute atomic E-state index is 12.7. The van der Waals surface area contributed by atoms with Crippen molar-refractivity contribution in [1.29, 1.82) is 0 Å². The van der Waals surface area contributed by atoms with Crippen LogP contribution in [0.1, 0.15) is 187 Å². The van der Waals surface area contributed by atoms with Crippen molar-refractivity contribution in [2.75, 3.05) is 41.0 Å². The van der Waals surface area contributed by atoms with Crippen molar-refractivity contribution in [3.63, 3.8) is 0 Å². The number of ether oxygens (including phenoxy) is 3. The van der Waals surface area contributed by atoms with Crippen LogP contribution in [0.15, 0.2) is 48.6 Å². The van der Waals surface area contributed by atoms with Gasteiger partial charge < -0.3 is 28.6 Å². The van der Waals surface area contributed by atoms with Crippen molar-refractivity contribution in [2.45, 2.75) is 199 Å². The molecule has 0 aromatic carbocycles. The first-order valence-electron chi connectivity index (χ1n) is 22.7. The summed E-state index contributed by atoms with van der Waals surface area (Å²) < 4.78 is 17.2. The Balaban J connectivity index is 4.37. The Hall–Kier alpha value is -2.71. The molecule has 2 unspecified atom stereocenters. The highest BCUT2D eigenvalue weighted by molar-refractivity contribution is 5.70. The molecule has 0 aromatic heterocycles. The number of carboxylic acids is 1. The van der Waals surface area contributed by atoms with Crippen molar-refractivity contribution in [2.24, 2.45) is 0 Å². The van der Waals surface area contributed by atoms with Gasteiger partial charge in [0.15, 0.2) is 6.10 Å². The zero-order valence-corrected chi connectivity index (χ0v) is 36.8. The Morgan fingerprint density at radius 1 is 0.554 bits per heavy atom. The molecule has 0 aromatic rings. The maximum Gasteiger partial charge on any atom is 0.306 e. The number of hydrogen-bond donors (Lipinski definition) is 0. The summed E-state index contributed by atoms with van der Waals surface area (Å²) in [7, 11) is 5.40. The highest BCUT2D eigenvalue weighted by Gasteiger charge is 2.25. The second kappa shape index (κ2) is 39.1. The lowest BCUT2D eigenvalue weighted by Gasteiger charge is -2.34. The van der Waals surface area contributed by atoms with Crippen LogP contribution in [0.4, 0.5) is 0 Å². The molecule has 0 aliphatic carbocycles. The summed E-state index contributed by atoms with van der Waals surface area (Å²) in [6, 6.07) is -0.729. The van der Waals surface area contributed by atoms with E-state index in [1.165, 1.54) is 83.5 Å². The second-order valence-corrected chi connectivity index (χ2v) is 16.3. The molecule has 0 bridgehead atoms. The van der Waals surface area contributed by atoms with Crippen LogP contribution in [0.2, 0.25) is 0 Å². The van der Waals surface area contributed by atoms with E-state index >= 15 is 0 Å². The number of nitrogens with zero attached hydrogens (tertiary/aromatic N) is 1. The average molecular weight is 788 g/mol. The van der Waals surface area contributed by atoms with E-state index in [-0.39, 0.29) is 42.7 Å². The smallest absolute Gasteiger partial charge is 0.306 e. The minimum atomic E-state index is -1.13. The molecule has 0 aliphatic rings. The van der Waals surface area contributed by atoms with Crippen molar-refractivity contribution >= 4 is 17.9 Å². The van der Waals surface area contributed by atoms with Crippen molar-refractivity contribution in [3.8, 4) is 0 Å². The van der Waals surface area contributed by atoms with Gasteiger partial charge in [-0.2, -0.15) is 0 Å². The second-order valence-electron chi connectivity index (χ2n) is 16.3. The third kappa shape index (κ3) is 36.9. The summed E-state index contributed by atoms with van der Waals surface area (Å²) >= 11 is 0. The summed E-state index contributed by atoms with van der Waals surface area (Å²) in [5.74, 6) is -1.76. The van der Waals surface area contributed by atoms with E-state index in [9.17, 15) is 19.5 Å². The highest BCUT2D eigenvalue weighted by atomic mass is 16.6. The molecular weight excluding hydrogens is 703 g/mol. The molecule has 8 nitrogen and oxygen atoms in total. The lowest BCUT2D eigenvalue weighted by molar-refractivity contribution is -0.889. The van der Waals surface area contributed by atoms with E-state index in [1.54, 1.807) is 21.1 Å². The van der Waals surface area contributed by atoms with Crippen molar-refractivity contribution in [1.82, 2.24) is 0 Å². The summed E-state index contributed by atoms with van der Waals surface area (Å²) in [5.41, 5.74) is 0. The molecule has 0 aliphatic heterocycles. The molecule has 0 saturated heterocycles. The SMILES string of the molecule is CCCCC/C=C/C=C/CCCCCCCCC(=O)OCC(COCCC(C(=O)[O-])[N+](C)(C)C)OC(=O)CCCCCCCCC/C=C/C/C=C/CCCCC. The van der Waals surface area contributed by atoms with E-state index < -0.39 is 18.1 Å². The molecule has 0 fully saturated rings. The molecule has 8 heteroatoms. The van der Waals surface area contributed by atoms with Gasteiger partial charge in [-0.25, -0.2) is 0 Å². The first-order chi connectivity index (χ1) is 27.1. The topological polar surface area (TPSA) is 102 Å². The Morgan fingerprint density at radius 3 is 1.48 bits per heavy atom. The van der Waals surface area contributed by atoms with Gasteiger partial charge in [-0.3, -0.25) is 9.59 Å². The molecule has 0 spiro atoms. The number of quaternary nitrogens is 1. The van der Waals surface area contributed by atoms with Gasteiger partial charge in [0.05, 0.1) is 40.3 Å². The van der Waals surface area contributed by atoms with Gasteiger partial charge in [0, 0.05) is 19.3 Å². The molecule has 0 heterocycles. The van der Waals surface area contributed by atoms with Crippen LogP contribution >= 0.6 is 0 Å². The number of hydrogen-bond acceptors (Lipinski definition) is 7. The predicted molar refractivity (Wildman–Crippen MR) is 231 cm³/mol. The fourth-order valence-electron chi connectivity index (χ4n) is 6.38. The van der Waals surface area contributed by atoms with Gasteiger partial charge in [0.25, 0.3) is 0 Å². The van der Waals surface area contributed by atoms with Crippen molar-refractivity contribution < 1.29 is 38.2 Å². The largest absolute Gasteiger partial charge is 0.544 e. The van der Waals surface area contributed by atoms with Crippen molar-refractivity contribution in [3.05, 3.63) is 48.6 Å². The lowest BCUT2D eigenvalue weighted by Crippen LogP contribution is -2.55.